The molecular weight excluding hydrogens is 282 g/mol. The van der Waals surface area contributed by atoms with Crippen molar-refractivity contribution in [3.05, 3.63) is 29.6 Å². The van der Waals surface area contributed by atoms with Gasteiger partial charge in [-0.1, -0.05) is 0 Å². The minimum atomic E-state index is -4.78. The molecule has 0 bridgehead atoms. The Balaban J connectivity index is 1.97. The Morgan fingerprint density at radius 3 is 2.55 bits per heavy atom. The highest BCUT2D eigenvalue weighted by molar-refractivity contribution is 5.65. The van der Waals surface area contributed by atoms with E-state index >= 15 is 0 Å². The average Bonchev–Trinajstić information content (AvgIpc) is 2.26. The van der Waals surface area contributed by atoms with E-state index in [2.05, 4.69) is 5.32 Å². The van der Waals surface area contributed by atoms with E-state index in [0.29, 0.717) is 25.0 Å². The molecule has 0 aromatic heterocycles. The number of amides is 1. The number of carbonyl (C=O) groups is 1. The Kier molecular flexibility index (Phi) is 3.74. The van der Waals surface area contributed by atoms with Gasteiger partial charge in [0.05, 0.1) is 5.56 Å². The average molecular weight is 293 g/mol. The third-order valence-corrected chi connectivity index (χ3v) is 2.97. The van der Waals surface area contributed by atoms with Gasteiger partial charge >= 0.3 is 12.3 Å². The first-order valence-corrected chi connectivity index (χ1v) is 5.78. The highest BCUT2D eigenvalue weighted by atomic mass is 19.4. The maximum absolute atomic E-state index is 13.1. The maximum Gasteiger partial charge on any atom is 0.419 e. The van der Waals surface area contributed by atoms with E-state index in [1.807, 2.05) is 0 Å². The highest BCUT2D eigenvalue weighted by Gasteiger charge is 2.36. The van der Waals surface area contributed by atoms with E-state index in [4.69, 9.17) is 9.84 Å². The fourth-order valence-corrected chi connectivity index (χ4v) is 1.94. The number of hydrogen-bond donors (Lipinski definition) is 2. The van der Waals surface area contributed by atoms with Crippen molar-refractivity contribution in [2.24, 2.45) is 0 Å². The zero-order valence-corrected chi connectivity index (χ0v) is 10.1. The topological polar surface area (TPSA) is 58.6 Å². The normalized spacial score (nSPS) is 22.0. The predicted octanol–water partition coefficient (Wildman–Crippen LogP) is 3.02. The lowest BCUT2D eigenvalue weighted by Gasteiger charge is -2.35. The fraction of sp³-hybridized carbons (Fsp3) is 0.417. The second-order valence-electron chi connectivity index (χ2n) is 4.50. The van der Waals surface area contributed by atoms with E-state index in [9.17, 15) is 22.4 Å². The van der Waals surface area contributed by atoms with Gasteiger partial charge in [0, 0.05) is 18.9 Å². The van der Waals surface area contributed by atoms with Crippen LogP contribution in [0.5, 0.6) is 5.75 Å². The second-order valence-corrected chi connectivity index (χ2v) is 4.50. The number of carboxylic acid groups (broad SMARTS) is 1. The van der Waals surface area contributed by atoms with Gasteiger partial charge in [-0.15, -0.1) is 0 Å². The molecule has 1 fully saturated rings. The van der Waals surface area contributed by atoms with Gasteiger partial charge in [0.1, 0.15) is 17.7 Å². The molecule has 1 aromatic carbocycles. The number of halogens is 4. The fourth-order valence-electron chi connectivity index (χ4n) is 1.94. The van der Waals surface area contributed by atoms with E-state index in [1.165, 1.54) is 0 Å². The summed E-state index contributed by atoms with van der Waals surface area (Å²) in [4.78, 5) is 10.3. The second kappa shape index (κ2) is 5.18. The molecule has 20 heavy (non-hydrogen) atoms. The lowest BCUT2D eigenvalue weighted by molar-refractivity contribution is -0.140. The van der Waals surface area contributed by atoms with Crippen LogP contribution in [0.4, 0.5) is 22.4 Å². The summed E-state index contributed by atoms with van der Waals surface area (Å²) in [6.45, 7) is 0. The van der Waals surface area contributed by atoms with Gasteiger partial charge in [-0.25, -0.2) is 9.18 Å². The third kappa shape index (κ3) is 3.31. The molecule has 0 heterocycles. The van der Waals surface area contributed by atoms with Crippen molar-refractivity contribution in [1.82, 2.24) is 5.32 Å². The molecule has 0 spiro atoms. The van der Waals surface area contributed by atoms with Crippen LogP contribution in [0, 0.1) is 5.82 Å². The number of alkyl halides is 3. The summed E-state index contributed by atoms with van der Waals surface area (Å²) in [5, 5.41) is 10.7. The molecule has 0 saturated heterocycles. The number of nitrogens with one attached hydrogen (secondary N) is 1. The Labute approximate surface area is 111 Å². The van der Waals surface area contributed by atoms with E-state index in [0.717, 1.165) is 6.07 Å². The molecule has 2 rings (SSSR count). The van der Waals surface area contributed by atoms with Crippen LogP contribution in [0.15, 0.2) is 18.2 Å². The first-order chi connectivity index (χ1) is 9.25. The van der Waals surface area contributed by atoms with Crippen molar-refractivity contribution in [1.29, 1.82) is 0 Å². The summed E-state index contributed by atoms with van der Waals surface area (Å²) in [7, 11) is 0. The quantitative estimate of drug-likeness (QED) is 0.842. The Bertz CT molecular complexity index is 512. The summed E-state index contributed by atoms with van der Waals surface area (Å²) in [5.74, 6) is -1.44. The third-order valence-electron chi connectivity index (χ3n) is 2.97. The number of benzene rings is 1. The van der Waals surface area contributed by atoms with Crippen molar-refractivity contribution < 1.29 is 32.2 Å². The van der Waals surface area contributed by atoms with Crippen molar-refractivity contribution in [3.63, 3.8) is 0 Å². The van der Waals surface area contributed by atoms with Gasteiger partial charge in [-0.3, -0.25) is 0 Å². The van der Waals surface area contributed by atoms with Crippen LogP contribution in [0.3, 0.4) is 0 Å². The van der Waals surface area contributed by atoms with Gasteiger partial charge in [-0.2, -0.15) is 13.2 Å². The molecule has 1 aromatic rings. The summed E-state index contributed by atoms with van der Waals surface area (Å²) in [5.41, 5.74) is -1.38. The minimum Gasteiger partial charge on any atom is -0.490 e. The molecule has 110 valence electrons. The number of hydrogen-bond acceptors (Lipinski definition) is 2. The van der Waals surface area contributed by atoms with Crippen LogP contribution in [-0.2, 0) is 6.18 Å². The Morgan fingerprint density at radius 2 is 2.00 bits per heavy atom. The summed E-state index contributed by atoms with van der Waals surface area (Å²) in [6, 6.07) is 2.15. The van der Waals surface area contributed by atoms with Gasteiger partial charge in [0.25, 0.3) is 0 Å². The summed E-state index contributed by atoms with van der Waals surface area (Å²) in [6.07, 6.45) is -5.58. The Hall–Kier alpha value is -1.99. The lowest BCUT2D eigenvalue weighted by atomic mass is 9.89. The largest absolute Gasteiger partial charge is 0.490 e. The molecule has 8 heteroatoms. The standard InChI is InChI=1S/C12H11F4NO3/c13-10-2-1-7(5-9(10)12(14,15)16)20-8-3-6(4-8)17-11(18)19/h1-2,5-6,8,17H,3-4H2,(H,18,19)/t6-,8+. The molecule has 1 aliphatic rings. The number of ether oxygens (including phenoxy) is 1. The van der Waals surface area contributed by atoms with Crippen LogP contribution >= 0.6 is 0 Å². The van der Waals surface area contributed by atoms with Gasteiger partial charge in [0.15, 0.2) is 0 Å². The first-order valence-electron chi connectivity index (χ1n) is 5.78. The molecule has 4 nitrogen and oxygen atoms in total. The van der Waals surface area contributed by atoms with Gasteiger partial charge in [-0.05, 0) is 18.2 Å². The molecule has 0 radical (unpaired) electrons. The van der Waals surface area contributed by atoms with Crippen LogP contribution in [0.1, 0.15) is 18.4 Å². The van der Waals surface area contributed by atoms with Gasteiger partial charge < -0.3 is 15.2 Å². The smallest absolute Gasteiger partial charge is 0.419 e. The van der Waals surface area contributed by atoms with E-state index < -0.39 is 23.7 Å². The van der Waals surface area contributed by atoms with E-state index in [1.54, 1.807) is 0 Å². The van der Waals surface area contributed by atoms with Crippen LogP contribution in [-0.4, -0.2) is 23.3 Å². The zero-order valence-electron chi connectivity index (χ0n) is 10.1. The maximum atomic E-state index is 13.1. The van der Waals surface area contributed by atoms with E-state index in [-0.39, 0.29) is 17.9 Å². The lowest BCUT2D eigenvalue weighted by Crippen LogP contribution is -2.48. The highest BCUT2D eigenvalue weighted by Crippen LogP contribution is 2.35. The van der Waals surface area contributed by atoms with Crippen LogP contribution in [0.2, 0.25) is 0 Å². The van der Waals surface area contributed by atoms with Crippen LogP contribution < -0.4 is 10.1 Å². The summed E-state index contributed by atoms with van der Waals surface area (Å²) < 4.78 is 55.8. The predicted molar refractivity (Wildman–Crippen MR) is 60.0 cm³/mol. The minimum absolute atomic E-state index is 0.0856. The zero-order chi connectivity index (χ0) is 14.9. The Morgan fingerprint density at radius 1 is 1.35 bits per heavy atom. The van der Waals surface area contributed by atoms with Crippen molar-refractivity contribution in [3.8, 4) is 5.75 Å². The van der Waals surface area contributed by atoms with Crippen molar-refractivity contribution in [2.75, 3.05) is 0 Å². The molecule has 0 atom stereocenters. The molecule has 1 amide bonds. The number of rotatable bonds is 3. The molecule has 1 saturated carbocycles. The molecule has 0 aliphatic heterocycles. The first kappa shape index (κ1) is 14.4. The van der Waals surface area contributed by atoms with Crippen molar-refractivity contribution in [2.45, 2.75) is 31.2 Å². The van der Waals surface area contributed by atoms with Crippen LogP contribution in [0.25, 0.3) is 0 Å². The van der Waals surface area contributed by atoms with Crippen molar-refractivity contribution >= 4 is 6.09 Å². The molecule has 2 N–H and O–H groups in total. The molecule has 1 aliphatic carbocycles. The van der Waals surface area contributed by atoms with Gasteiger partial charge in [0.2, 0.25) is 0 Å². The monoisotopic (exact) mass is 293 g/mol. The molecular formula is C12H11F4NO3. The SMILES string of the molecule is O=C(O)N[C@H]1C[C@@H](Oc2ccc(F)c(C(F)(F)F)c2)C1. The molecule has 0 unspecified atom stereocenters. The summed E-state index contributed by atoms with van der Waals surface area (Å²) >= 11 is 0.